The molecule has 0 saturated carbocycles. The van der Waals surface area contributed by atoms with Crippen LogP contribution < -0.4 is 4.90 Å². The SMILES string of the molecule is CCN(Cc1cccc(S(=O)(=O)O)c1-c1ccccc1)c1ccccc1. The van der Waals surface area contributed by atoms with E-state index in [-0.39, 0.29) is 4.90 Å². The first-order valence-electron chi connectivity index (χ1n) is 8.45. The molecule has 0 bridgehead atoms. The van der Waals surface area contributed by atoms with Gasteiger partial charge in [-0.2, -0.15) is 8.42 Å². The quantitative estimate of drug-likeness (QED) is 0.646. The van der Waals surface area contributed by atoms with Crippen LogP contribution in [-0.4, -0.2) is 19.5 Å². The van der Waals surface area contributed by atoms with Crippen LogP contribution in [0, 0.1) is 0 Å². The first-order chi connectivity index (χ1) is 12.5. The van der Waals surface area contributed by atoms with Gasteiger partial charge in [0.1, 0.15) is 4.90 Å². The van der Waals surface area contributed by atoms with E-state index in [0.29, 0.717) is 12.1 Å². The summed E-state index contributed by atoms with van der Waals surface area (Å²) in [6.45, 7) is 3.37. The zero-order valence-corrected chi connectivity index (χ0v) is 15.4. The average Bonchev–Trinajstić information content (AvgIpc) is 2.66. The Kier molecular flexibility index (Phi) is 5.40. The first kappa shape index (κ1) is 18.2. The normalized spacial score (nSPS) is 11.3. The number of benzene rings is 3. The number of rotatable bonds is 6. The number of hydrogen-bond donors (Lipinski definition) is 1. The number of hydrogen-bond acceptors (Lipinski definition) is 3. The Morgan fingerprint density at radius 1 is 0.846 bits per heavy atom. The molecule has 4 nitrogen and oxygen atoms in total. The topological polar surface area (TPSA) is 57.6 Å². The Balaban J connectivity index is 2.13. The molecular formula is C21H21NO3S. The van der Waals surface area contributed by atoms with Crippen LogP contribution in [0.4, 0.5) is 5.69 Å². The Morgan fingerprint density at radius 3 is 2.04 bits per heavy atom. The van der Waals surface area contributed by atoms with E-state index in [1.165, 1.54) is 6.07 Å². The van der Waals surface area contributed by atoms with Gasteiger partial charge in [-0.15, -0.1) is 0 Å². The molecule has 0 spiro atoms. The molecule has 0 aliphatic heterocycles. The van der Waals surface area contributed by atoms with Crippen molar-refractivity contribution in [3.05, 3.63) is 84.4 Å². The molecule has 0 aliphatic rings. The summed E-state index contributed by atoms with van der Waals surface area (Å²) in [7, 11) is -4.33. The third-order valence-electron chi connectivity index (χ3n) is 4.32. The number of para-hydroxylation sites is 1. The van der Waals surface area contributed by atoms with E-state index >= 15 is 0 Å². The smallest absolute Gasteiger partial charge is 0.295 e. The summed E-state index contributed by atoms with van der Waals surface area (Å²) in [5, 5.41) is 0. The van der Waals surface area contributed by atoms with Crippen molar-refractivity contribution in [3.63, 3.8) is 0 Å². The molecule has 0 unspecified atom stereocenters. The van der Waals surface area contributed by atoms with Gasteiger partial charge in [0.25, 0.3) is 10.1 Å². The van der Waals surface area contributed by atoms with Gasteiger partial charge in [-0.05, 0) is 36.2 Å². The highest BCUT2D eigenvalue weighted by Crippen LogP contribution is 2.32. The van der Waals surface area contributed by atoms with Crippen molar-refractivity contribution in [3.8, 4) is 11.1 Å². The molecule has 3 aromatic rings. The summed E-state index contributed by atoms with van der Waals surface area (Å²) >= 11 is 0. The van der Waals surface area contributed by atoms with Gasteiger partial charge in [0.2, 0.25) is 0 Å². The maximum Gasteiger partial charge on any atom is 0.295 e. The molecular weight excluding hydrogens is 346 g/mol. The van der Waals surface area contributed by atoms with Crippen LogP contribution in [0.15, 0.2) is 83.8 Å². The second kappa shape index (κ2) is 7.72. The van der Waals surface area contributed by atoms with Gasteiger partial charge >= 0.3 is 0 Å². The number of anilines is 1. The standard InChI is InChI=1S/C21H21NO3S/c1-2-22(19-13-7-4-8-14-19)16-18-12-9-15-20(26(23,24)25)21(18)17-10-5-3-6-11-17/h3-15H,2,16H2,1H3,(H,23,24,25). The highest BCUT2D eigenvalue weighted by atomic mass is 32.2. The van der Waals surface area contributed by atoms with E-state index in [1.54, 1.807) is 6.07 Å². The molecule has 26 heavy (non-hydrogen) atoms. The molecule has 3 aromatic carbocycles. The van der Waals surface area contributed by atoms with Crippen LogP contribution in [0.1, 0.15) is 12.5 Å². The zero-order chi connectivity index (χ0) is 18.6. The summed E-state index contributed by atoms with van der Waals surface area (Å²) < 4.78 is 33.6. The number of nitrogens with zero attached hydrogens (tertiary/aromatic N) is 1. The zero-order valence-electron chi connectivity index (χ0n) is 14.5. The molecule has 0 heterocycles. The van der Waals surface area contributed by atoms with E-state index in [9.17, 15) is 13.0 Å². The van der Waals surface area contributed by atoms with Crippen LogP contribution in [0.3, 0.4) is 0 Å². The monoisotopic (exact) mass is 367 g/mol. The van der Waals surface area contributed by atoms with Gasteiger partial charge in [-0.3, -0.25) is 4.55 Å². The minimum Gasteiger partial charge on any atom is -0.367 e. The Labute approximate surface area is 154 Å². The van der Waals surface area contributed by atoms with Crippen molar-refractivity contribution in [2.45, 2.75) is 18.4 Å². The van der Waals surface area contributed by atoms with Crippen LogP contribution in [0.5, 0.6) is 0 Å². The van der Waals surface area contributed by atoms with Crippen molar-refractivity contribution < 1.29 is 13.0 Å². The fraction of sp³-hybridized carbons (Fsp3) is 0.143. The van der Waals surface area contributed by atoms with E-state index in [1.807, 2.05) is 66.7 Å². The van der Waals surface area contributed by atoms with Crippen LogP contribution in [-0.2, 0) is 16.7 Å². The lowest BCUT2D eigenvalue weighted by molar-refractivity contribution is 0.483. The summed E-state index contributed by atoms with van der Waals surface area (Å²) in [5.74, 6) is 0. The lowest BCUT2D eigenvalue weighted by Crippen LogP contribution is -2.22. The molecule has 0 aliphatic carbocycles. The molecule has 0 fully saturated rings. The molecule has 3 rings (SSSR count). The van der Waals surface area contributed by atoms with Crippen LogP contribution >= 0.6 is 0 Å². The van der Waals surface area contributed by atoms with Crippen molar-refractivity contribution >= 4 is 15.8 Å². The summed E-state index contributed by atoms with van der Waals surface area (Å²) in [5.41, 5.74) is 3.22. The summed E-state index contributed by atoms with van der Waals surface area (Å²) in [4.78, 5) is 2.10. The minimum absolute atomic E-state index is 0.0645. The predicted molar refractivity (Wildman–Crippen MR) is 105 cm³/mol. The van der Waals surface area contributed by atoms with Gasteiger partial charge in [0.15, 0.2) is 0 Å². The Morgan fingerprint density at radius 2 is 1.46 bits per heavy atom. The molecule has 0 amide bonds. The average molecular weight is 367 g/mol. The van der Waals surface area contributed by atoms with Gasteiger partial charge < -0.3 is 4.90 Å². The Hall–Kier alpha value is -2.63. The molecule has 0 atom stereocenters. The van der Waals surface area contributed by atoms with E-state index in [0.717, 1.165) is 23.4 Å². The van der Waals surface area contributed by atoms with Crippen molar-refractivity contribution in [2.24, 2.45) is 0 Å². The van der Waals surface area contributed by atoms with Crippen LogP contribution in [0.2, 0.25) is 0 Å². The van der Waals surface area contributed by atoms with Crippen molar-refractivity contribution in [2.75, 3.05) is 11.4 Å². The second-order valence-electron chi connectivity index (χ2n) is 5.98. The lowest BCUT2D eigenvalue weighted by Gasteiger charge is -2.25. The third kappa shape index (κ3) is 3.95. The molecule has 5 heteroatoms. The molecule has 134 valence electrons. The maximum absolute atomic E-state index is 11.9. The lowest BCUT2D eigenvalue weighted by atomic mass is 9.99. The molecule has 0 saturated heterocycles. The van der Waals surface area contributed by atoms with E-state index in [4.69, 9.17) is 0 Å². The highest BCUT2D eigenvalue weighted by molar-refractivity contribution is 7.86. The second-order valence-corrected chi connectivity index (χ2v) is 7.37. The summed E-state index contributed by atoms with van der Waals surface area (Å²) in [6, 6.07) is 24.3. The maximum atomic E-state index is 11.9. The minimum atomic E-state index is -4.33. The van der Waals surface area contributed by atoms with Gasteiger partial charge in [-0.1, -0.05) is 60.7 Å². The fourth-order valence-corrected chi connectivity index (χ4v) is 3.84. The van der Waals surface area contributed by atoms with Gasteiger partial charge in [-0.25, -0.2) is 0 Å². The van der Waals surface area contributed by atoms with Crippen molar-refractivity contribution in [1.82, 2.24) is 0 Å². The van der Waals surface area contributed by atoms with Crippen molar-refractivity contribution in [1.29, 1.82) is 0 Å². The van der Waals surface area contributed by atoms with Crippen LogP contribution in [0.25, 0.3) is 11.1 Å². The highest BCUT2D eigenvalue weighted by Gasteiger charge is 2.20. The predicted octanol–water partition coefficient (Wildman–Crippen LogP) is 4.63. The molecule has 1 N–H and O–H groups in total. The largest absolute Gasteiger partial charge is 0.367 e. The fourth-order valence-electron chi connectivity index (χ4n) is 3.09. The van der Waals surface area contributed by atoms with Gasteiger partial charge in [0.05, 0.1) is 0 Å². The first-order valence-corrected chi connectivity index (χ1v) is 9.89. The van der Waals surface area contributed by atoms with E-state index < -0.39 is 10.1 Å². The van der Waals surface area contributed by atoms with Gasteiger partial charge in [0, 0.05) is 24.3 Å². The molecule has 0 aromatic heterocycles. The summed E-state index contributed by atoms with van der Waals surface area (Å²) in [6.07, 6.45) is 0. The Bertz CT molecular complexity index is 971. The third-order valence-corrected chi connectivity index (χ3v) is 5.21. The van der Waals surface area contributed by atoms with E-state index in [2.05, 4.69) is 11.8 Å². The molecule has 0 radical (unpaired) electrons.